The predicted octanol–water partition coefficient (Wildman–Crippen LogP) is 1.71. The average Bonchev–Trinajstić information content (AvgIpc) is 2.96. The first-order chi connectivity index (χ1) is 7.84. The summed E-state index contributed by atoms with van der Waals surface area (Å²) in [5.74, 6) is 2.28. The number of hydrogen-bond donors (Lipinski definition) is 2. The fourth-order valence-corrected chi connectivity index (χ4v) is 3.24. The lowest BCUT2D eigenvalue weighted by molar-refractivity contribution is -0.126. The molecule has 1 aliphatic heterocycles. The second-order valence-electron chi connectivity index (χ2n) is 5.77. The molecule has 2 N–H and O–H groups in total. The maximum Gasteiger partial charge on any atom is 0.225 e. The number of amides is 1. The quantitative estimate of drug-likeness (QED) is 0.809. The van der Waals surface area contributed by atoms with Crippen LogP contribution in [0.5, 0.6) is 0 Å². The van der Waals surface area contributed by atoms with Gasteiger partial charge < -0.3 is 10.6 Å². The summed E-state index contributed by atoms with van der Waals surface area (Å²) >= 11 is 0. The van der Waals surface area contributed by atoms with Crippen molar-refractivity contribution in [3.05, 3.63) is 0 Å². The third-order valence-electron chi connectivity index (χ3n) is 4.58. The molecule has 3 aliphatic rings. The van der Waals surface area contributed by atoms with Gasteiger partial charge in [-0.2, -0.15) is 0 Å². The molecule has 1 heterocycles. The topological polar surface area (TPSA) is 41.1 Å². The summed E-state index contributed by atoms with van der Waals surface area (Å²) in [6, 6.07) is 0.524. The van der Waals surface area contributed by atoms with E-state index >= 15 is 0 Å². The fourth-order valence-electron chi connectivity index (χ4n) is 3.24. The molecule has 2 aliphatic carbocycles. The summed E-state index contributed by atoms with van der Waals surface area (Å²) in [5, 5.41) is 6.37. The van der Waals surface area contributed by atoms with Crippen molar-refractivity contribution in [2.75, 3.05) is 13.1 Å². The van der Waals surface area contributed by atoms with E-state index in [2.05, 4.69) is 10.6 Å². The monoisotopic (exact) mass is 258 g/mol. The summed E-state index contributed by atoms with van der Waals surface area (Å²) in [5.41, 5.74) is 0. The zero-order chi connectivity index (χ0) is 11.0. The van der Waals surface area contributed by atoms with Gasteiger partial charge in [0.2, 0.25) is 5.91 Å². The first-order valence-electron chi connectivity index (χ1n) is 6.85. The maximum atomic E-state index is 11.8. The Morgan fingerprint density at radius 2 is 1.82 bits per heavy atom. The number of hydrogen-bond acceptors (Lipinski definition) is 2. The molecule has 1 saturated heterocycles. The van der Waals surface area contributed by atoms with Crippen LogP contribution in [0.2, 0.25) is 0 Å². The number of carbonyl (C=O) groups is 1. The van der Waals surface area contributed by atoms with Gasteiger partial charge >= 0.3 is 0 Å². The number of nitrogens with one attached hydrogen (secondary N) is 2. The molecule has 3 nitrogen and oxygen atoms in total. The SMILES string of the molecule is Cl.O=C(NC1CC1C1CCCCC1)C1CNC1. The molecule has 1 amide bonds. The van der Waals surface area contributed by atoms with Gasteiger partial charge in [0.1, 0.15) is 0 Å². The fraction of sp³-hybridized carbons (Fsp3) is 0.923. The molecule has 3 rings (SSSR count). The average molecular weight is 259 g/mol. The zero-order valence-corrected chi connectivity index (χ0v) is 11.1. The Morgan fingerprint density at radius 1 is 1.12 bits per heavy atom. The molecule has 0 spiro atoms. The number of rotatable bonds is 3. The highest BCUT2D eigenvalue weighted by molar-refractivity contribution is 5.85. The van der Waals surface area contributed by atoms with Gasteiger partial charge in [0.15, 0.2) is 0 Å². The Bertz CT molecular complexity index is 275. The van der Waals surface area contributed by atoms with E-state index in [0.717, 1.165) is 24.9 Å². The normalized spacial score (nSPS) is 33.4. The molecular formula is C13H23ClN2O. The lowest BCUT2D eigenvalue weighted by Gasteiger charge is -2.26. The van der Waals surface area contributed by atoms with Crippen molar-refractivity contribution in [3.8, 4) is 0 Å². The highest BCUT2D eigenvalue weighted by atomic mass is 35.5. The highest BCUT2D eigenvalue weighted by Gasteiger charge is 2.44. The molecule has 0 bridgehead atoms. The van der Waals surface area contributed by atoms with Crippen molar-refractivity contribution in [2.24, 2.45) is 17.8 Å². The van der Waals surface area contributed by atoms with Gasteiger partial charge in [0.25, 0.3) is 0 Å². The van der Waals surface area contributed by atoms with Crippen LogP contribution in [-0.4, -0.2) is 25.0 Å². The summed E-state index contributed by atoms with van der Waals surface area (Å²) in [6.07, 6.45) is 8.30. The van der Waals surface area contributed by atoms with Crippen LogP contribution >= 0.6 is 12.4 Å². The molecule has 17 heavy (non-hydrogen) atoms. The minimum atomic E-state index is 0. The van der Waals surface area contributed by atoms with E-state index in [1.54, 1.807) is 0 Å². The van der Waals surface area contributed by atoms with Crippen LogP contribution in [0.3, 0.4) is 0 Å². The van der Waals surface area contributed by atoms with Crippen LogP contribution in [-0.2, 0) is 4.79 Å². The first kappa shape index (κ1) is 13.2. The summed E-state index contributed by atoms with van der Waals surface area (Å²) in [6.45, 7) is 1.76. The molecule has 0 aromatic heterocycles. The Morgan fingerprint density at radius 3 is 2.41 bits per heavy atom. The molecule has 4 heteroatoms. The number of carbonyl (C=O) groups excluding carboxylic acids is 1. The Kier molecular flexibility index (Phi) is 4.31. The van der Waals surface area contributed by atoms with Crippen LogP contribution in [0.4, 0.5) is 0 Å². The molecule has 2 saturated carbocycles. The van der Waals surface area contributed by atoms with E-state index in [1.807, 2.05) is 0 Å². The van der Waals surface area contributed by atoms with Crippen LogP contribution < -0.4 is 10.6 Å². The smallest absolute Gasteiger partial charge is 0.225 e. The minimum absolute atomic E-state index is 0. The molecule has 2 unspecified atom stereocenters. The largest absolute Gasteiger partial charge is 0.353 e. The van der Waals surface area contributed by atoms with Crippen molar-refractivity contribution in [1.82, 2.24) is 10.6 Å². The van der Waals surface area contributed by atoms with E-state index in [1.165, 1.54) is 38.5 Å². The molecule has 0 aromatic rings. The van der Waals surface area contributed by atoms with Crippen molar-refractivity contribution in [3.63, 3.8) is 0 Å². The minimum Gasteiger partial charge on any atom is -0.353 e. The molecular weight excluding hydrogens is 236 g/mol. The van der Waals surface area contributed by atoms with Gasteiger partial charge in [-0.25, -0.2) is 0 Å². The van der Waals surface area contributed by atoms with Crippen molar-refractivity contribution < 1.29 is 4.79 Å². The van der Waals surface area contributed by atoms with Crippen molar-refractivity contribution in [1.29, 1.82) is 0 Å². The highest BCUT2D eigenvalue weighted by Crippen LogP contribution is 2.44. The predicted molar refractivity (Wildman–Crippen MR) is 70.2 cm³/mol. The van der Waals surface area contributed by atoms with Crippen LogP contribution in [0, 0.1) is 17.8 Å². The second kappa shape index (κ2) is 5.57. The second-order valence-corrected chi connectivity index (χ2v) is 5.77. The Labute approximate surface area is 110 Å². The van der Waals surface area contributed by atoms with E-state index in [4.69, 9.17) is 0 Å². The molecule has 0 aromatic carbocycles. The molecule has 3 fully saturated rings. The summed E-state index contributed by atoms with van der Waals surface area (Å²) in [7, 11) is 0. The first-order valence-corrected chi connectivity index (χ1v) is 6.85. The van der Waals surface area contributed by atoms with Gasteiger partial charge in [-0.05, 0) is 18.3 Å². The Balaban J connectivity index is 0.00000108. The number of halogens is 1. The van der Waals surface area contributed by atoms with Crippen LogP contribution in [0.15, 0.2) is 0 Å². The van der Waals surface area contributed by atoms with Gasteiger partial charge in [-0.15, -0.1) is 12.4 Å². The van der Waals surface area contributed by atoms with E-state index in [0.29, 0.717) is 11.9 Å². The zero-order valence-electron chi connectivity index (χ0n) is 10.3. The molecule has 98 valence electrons. The van der Waals surface area contributed by atoms with E-state index < -0.39 is 0 Å². The summed E-state index contributed by atoms with van der Waals surface area (Å²) < 4.78 is 0. The molecule has 2 atom stereocenters. The third kappa shape index (κ3) is 2.94. The van der Waals surface area contributed by atoms with Crippen molar-refractivity contribution >= 4 is 18.3 Å². The third-order valence-corrected chi connectivity index (χ3v) is 4.58. The van der Waals surface area contributed by atoms with Gasteiger partial charge in [0, 0.05) is 19.1 Å². The molecule has 0 radical (unpaired) electrons. The van der Waals surface area contributed by atoms with Gasteiger partial charge in [-0.1, -0.05) is 32.1 Å². The van der Waals surface area contributed by atoms with E-state index in [-0.39, 0.29) is 18.3 Å². The standard InChI is InChI=1S/C13H22N2O.ClH/c16-13(10-7-14-8-10)15-12-6-11(12)9-4-2-1-3-5-9;/h9-12,14H,1-8H2,(H,15,16);1H. The van der Waals surface area contributed by atoms with Crippen molar-refractivity contribution in [2.45, 2.75) is 44.6 Å². The Hall–Kier alpha value is -0.280. The summed E-state index contributed by atoms with van der Waals surface area (Å²) in [4.78, 5) is 11.8. The lowest BCUT2D eigenvalue weighted by Crippen LogP contribution is -2.51. The lowest BCUT2D eigenvalue weighted by atomic mass is 9.85. The van der Waals surface area contributed by atoms with Gasteiger partial charge in [0.05, 0.1) is 5.92 Å². The van der Waals surface area contributed by atoms with Crippen LogP contribution in [0.1, 0.15) is 38.5 Å². The van der Waals surface area contributed by atoms with Gasteiger partial charge in [-0.3, -0.25) is 4.79 Å². The maximum absolute atomic E-state index is 11.8. The van der Waals surface area contributed by atoms with Crippen LogP contribution in [0.25, 0.3) is 0 Å². The van der Waals surface area contributed by atoms with E-state index in [9.17, 15) is 4.79 Å².